The van der Waals surface area contributed by atoms with Crippen LogP contribution < -0.4 is 5.56 Å². The summed E-state index contributed by atoms with van der Waals surface area (Å²) in [6.45, 7) is 23.5. The Labute approximate surface area is 235 Å². The van der Waals surface area contributed by atoms with Crippen LogP contribution in [0.25, 0.3) is 16.9 Å². The lowest BCUT2D eigenvalue weighted by molar-refractivity contribution is 0.270. The summed E-state index contributed by atoms with van der Waals surface area (Å²) in [6.07, 6.45) is 3.23. The molecule has 39 heavy (non-hydrogen) atoms. The molecule has 0 saturated carbocycles. The van der Waals surface area contributed by atoms with Gasteiger partial charge in [0, 0.05) is 19.8 Å². The number of nitrogens with one attached hydrogen (secondary N) is 1. The first-order chi connectivity index (χ1) is 17.8. The zero-order chi connectivity index (χ0) is 29.4. The van der Waals surface area contributed by atoms with E-state index in [1.54, 1.807) is 17.6 Å². The van der Waals surface area contributed by atoms with Gasteiger partial charge < -0.3 is 13.8 Å². The van der Waals surface area contributed by atoms with Gasteiger partial charge in [-0.25, -0.2) is 9.98 Å². The molecule has 0 aliphatic carbocycles. The minimum absolute atomic E-state index is 0.105. The molecular formula is C28H46N6O3Si2. The molecule has 0 spiro atoms. The highest BCUT2D eigenvalue weighted by Crippen LogP contribution is 2.38. The topological polar surface area (TPSA) is 97.6 Å². The fraction of sp³-hybridized carbons (Fsp3) is 0.571. The van der Waals surface area contributed by atoms with Crippen molar-refractivity contribution in [3.05, 3.63) is 46.0 Å². The van der Waals surface area contributed by atoms with Crippen LogP contribution in [-0.4, -0.2) is 61.5 Å². The molecule has 0 aliphatic rings. The maximum atomic E-state index is 12.7. The van der Waals surface area contributed by atoms with E-state index in [1.165, 1.54) is 0 Å². The number of fused-ring (bicyclic) bond motifs is 1. The van der Waals surface area contributed by atoms with Crippen LogP contribution in [-0.2, 0) is 22.1 Å². The van der Waals surface area contributed by atoms with E-state index >= 15 is 0 Å². The minimum Gasteiger partial charge on any atom is -0.413 e. The van der Waals surface area contributed by atoms with Gasteiger partial charge in [-0.15, -0.1) is 0 Å². The molecule has 0 saturated heterocycles. The average molecular weight is 571 g/mol. The highest BCUT2D eigenvalue weighted by Gasteiger charge is 2.38. The number of hydrogen-bond donors (Lipinski definition) is 1. The summed E-state index contributed by atoms with van der Waals surface area (Å²) in [5.41, 5.74) is 3.32. The molecule has 0 atom stereocenters. The van der Waals surface area contributed by atoms with E-state index in [2.05, 4.69) is 106 Å². The molecule has 3 aromatic rings. The Bertz CT molecular complexity index is 1350. The van der Waals surface area contributed by atoms with E-state index in [0.717, 1.165) is 16.8 Å². The predicted octanol–water partition coefficient (Wildman–Crippen LogP) is 6.37. The van der Waals surface area contributed by atoms with Crippen molar-refractivity contribution in [2.45, 2.75) is 91.0 Å². The molecule has 0 amide bonds. The van der Waals surface area contributed by atoms with E-state index < -0.39 is 16.6 Å². The summed E-state index contributed by atoms with van der Waals surface area (Å²) >= 11 is 0. The largest absolute Gasteiger partial charge is 0.413 e. The van der Waals surface area contributed by atoms with Gasteiger partial charge in [0.15, 0.2) is 27.8 Å². The molecule has 0 fully saturated rings. The Kier molecular flexibility index (Phi) is 8.81. The molecule has 214 valence electrons. The van der Waals surface area contributed by atoms with Crippen LogP contribution in [0.15, 0.2) is 34.3 Å². The zero-order valence-corrected chi connectivity index (χ0v) is 27.8. The Morgan fingerprint density at radius 2 is 1.46 bits per heavy atom. The molecule has 2 heterocycles. The fourth-order valence-electron chi connectivity index (χ4n) is 3.33. The maximum Gasteiger partial charge on any atom is 0.280 e. The standard InChI is InChI=1S/C28H46N6O3Si2/c1-27(2,3)38(9,10)36-16-20-13-21(17-37-39(11,12)28(4,5)6)15-22(14-20)34-19-29-23-24(34)31-26(32-25(23)35)30-18-33(7)8/h13-15,18-19H,16-17H2,1-12H3,(H,31,32,35). The second kappa shape index (κ2) is 11.1. The van der Waals surface area contributed by atoms with E-state index in [0.29, 0.717) is 18.9 Å². The Morgan fingerprint density at radius 3 is 1.92 bits per heavy atom. The van der Waals surface area contributed by atoms with Crippen LogP contribution in [0.3, 0.4) is 0 Å². The lowest BCUT2D eigenvalue weighted by Crippen LogP contribution is -2.40. The highest BCUT2D eigenvalue weighted by molar-refractivity contribution is 6.74. The first kappa shape index (κ1) is 30.9. The number of aromatic nitrogens is 4. The zero-order valence-electron chi connectivity index (χ0n) is 25.8. The van der Waals surface area contributed by atoms with E-state index in [4.69, 9.17) is 8.85 Å². The third-order valence-corrected chi connectivity index (χ3v) is 16.9. The van der Waals surface area contributed by atoms with Gasteiger partial charge in [-0.1, -0.05) is 47.6 Å². The van der Waals surface area contributed by atoms with Crippen LogP contribution in [0, 0.1) is 0 Å². The Balaban J connectivity index is 2.08. The van der Waals surface area contributed by atoms with Crippen molar-refractivity contribution >= 4 is 40.1 Å². The highest BCUT2D eigenvalue weighted by atomic mass is 28.4. The van der Waals surface area contributed by atoms with Crippen LogP contribution >= 0.6 is 0 Å². The maximum absolute atomic E-state index is 12.7. The summed E-state index contributed by atoms with van der Waals surface area (Å²) < 4.78 is 15.0. The quantitative estimate of drug-likeness (QED) is 0.182. The number of H-pyrrole nitrogens is 1. The third-order valence-electron chi connectivity index (χ3n) is 7.93. The van der Waals surface area contributed by atoms with Gasteiger partial charge in [-0.05, 0) is 59.5 Å². The number of nitrogens with zero attached hydrogens (tertiary/aromatic N) is 5. The van der Waals surface area contributed by atoms with Gasteiger partial charge in [-0.3, -0.25) is 14.3 Å². The molecule has 2 aromatic heterocycles. The van der Waals surface area contributed by atoms with Crippen molar-refractivity contribution in [2.75, 3.05) is 14.1 Å². The Morgan fingerprint density at radius 1 is 0.949 bits per heavy atom. The number of aliphatic imine (C=N–C) groups is 1. The second-order valence-electron chi connectivity index (χ2n) is 13.5. The summed E-state index contributed by atoms with van der Waals surface area (Å²) in [6, 6.07) is 6.32. The molecule has 9 nitrogen and oxygen atoms in total. The minimum atomic E-state index is -1.96. The monoisotopic (exact) mass is 570 g/mol. The van der Waals surface area contributed by atoms with Crippen molar-refractivity contribution in [3.63, 3.8) is 0 Å². The van der Waals surface area contributed by atoms with Crippen molar-refractivity contribution < 1.29 is 8.85 Å². The van der Waals surface area contributed by atoms with Gasteiger partial charge in [0.2, 0.25) is 5.95 Å². The van der Waals surface area contributed by atoms with E-state index in [9.17, 15) is 4.79 Å². The van der Waals surface area contributed by atoms with E-state index in [1.807, 2.05) is 18.7 Å². The van der Waals surface area contributed by atoms with Gasteiger partial charge in [0.05, 0.1) is 19.6 Å². The number of rotatable bonds is 9. The number of aromatic amines is 1. The Hall–Kier alpha value is -2.61. The predicted molar refractivity (Wildman–Crippen MR) is 165 cm³/mol. The normalized spacial score (nSPS) is 13.5. The first-order valence-electron chi connectivity index (χ1n) is 13.4. The summed E-state index contributed by atoms with van der Waals surface area (Å²) in [5.74, 6) is 0.224. The lowest BCUT2D eigenvalue weighted by atomic mass is 10.1. The molecular weight excluding hydrogens is 525 g/mol. The van der Waals surface area contributed by atoms with Gasteiger partial charge in [0.1, 0.15) is 6.33 Å². The van der Waals surface area contributed by atoms with Crippen LogP contribution in [0.2, 0.25) is 36.3 Å². The van der Waals surface area contributed by atoms with Crippen molar-refractivity contribution in [2.24, 2.45) is 4.99 Å². The van der Waals surface area contributed by atoms with Gasteiger partial charge in [0.25, 0.3) is 5.56 Å². The molecule has 3 rings (SSSR count). The lowest BCUT2D eigenvalue weighted by Gasteiger charge is -2.36. The van der Waals surface area contributed by atoms with Crippen molar-refractivity contribution in [1.29, 1.82) is 0 Å². The van der Waals surface area contributed by atoms with E-state index in [-0.39, 0.29) is 27.1 Å². The molecule has 0 aliphatic heterocycles. The summed E-state index contributed by atoms with van der Waals surface area (Å²) in [5, 5.41) is 0.210. The third kappa shape index (κ3) is 7.33. The average Bonchev–Trinajstić information content (AvgIpc) is 3.23. The van der Waals surface area contributed by atoms with Gasteiger partial charge in [-0.2, -0.15) is 4.98 Å². The smallest absolute Gasteiger partial charge is 0.280 e. The van der Waals surface area contributed by atoms with Crippen LogP contribution in [0.5, 0.6) is 0 Å². The van der Waals surface area contributed by atoms with Crippen molar-refractivity contribution in [1.82, 2.24) is 24.4 Å². The SMILES string of the molecule is CN(C)C=Nc1nc2c(ncn2-c2cc(CO[Si](C)(C)C(C)(C)C)cc(CO[Si](C)(C)C(C)(C)C)c2)c(=O)[nH]1. The number of benzene rings is 1. The second-order valence-corrected chi connectivity index (χ2v) is 23.1. The fourth-order valence-corrected chi connectivity index (χ4v) is 5.25. The molecule has 0 bridgehead atoms. The molecule has 0 radical (unpaired) electrons. The molecule has 0 unspecified atom stereocenters. The summed E-state index contributed by atoms with van der Waals surface area (Å²) in [4.78, 5) is 30.5. The van der Waals surface area contributed by atoms with Crippen molar-refractivity contribution in [3.8, 4) is 5.69 Å². The molecule has 11 heteroatoms. The molecule has 1 aromatic carbocycles. The number of imidazole rings is 1. The molecule has 1 N–H and O–H groups in total. The summed E-state index contributed by atoms with van der Waals surface area (Å²) in [7, 11) is -0.208. The number of hydrogen-bond acceptors (Lipinski definition) is 6. The van der Waals surface area contributed by atoms with Gasteiger partial charge >= 0.3 is 0 Å². The van der Waals surface area contributed by atoms with Crippen LogP contribution in [0.1, 0.15) is 52.7 Å². The first-order valence-corrected chi connectivity index (χ1v) is 19.2. The van der Waals surface area contributed by atoms with Crippen LogP contribution in [0.4, 0.5) is 5.95 Å².